The lowest BCUT2D eigenvalue weighted by Gasteiger charge is -2.22. The van der Waals surface area contributed by atoms with Gasteiger partial charge in [0.15, 0.2) is 0 Å². The Morgan fingerprint density at radius 1 is 1.47 bits per heavy atom. The number of nitrogens with zero attached hydrogens (tertiary/aromatic N) is 2. The van der Waals surface area contributed by atoms with Gasteiger partial charge in [0.2, 0.25) is 0 Å². The fraction of sp³-hybridized carbons (Fsp3) is 0.533. The number of fused-ring (bicyclic) bond motifs is 1. The standard InChI is InChI=1S/C15H22N4/c1-2-12-4-3-8-19(12)9-7-15-17-13-6-5-11(16)10-14(13)18-15/h5-6,10,12H,2-4,7-9,16H2,1H3,(H,17,18). The third-order valence-electron chi connectivity index (χ3n) is 4.16. The van der Waals surface area contributed by atoms with Gasteiger partial charge in [-0.3, -0.25) is 4.90 Å². The number of likely N-dealkylation sites (tertiary alicyclic amines) is 1. The van der Waals surface area contributed by atoms with Gasteiger partial charge in [-0.15, -0.1) is 0 Å². The van der Waals surface area contributed by atoms with Crippen LogP contribution in [-0.2, 0) is 6.42 Å². The molecule has 0 aliphatic carbocycles. The molecule has 4 heteroatoms. The minimum atomic E-state index is 0.778. The van der Waals surface area contributed by atoms with Crippen molar-refractivity contribution in [3.63, 3.8) is 0 Å². The molecule has 102 valence electrons. The van der Waals surface area contributed by atoms with E-state index in [2.05, 4.69) is 21.8 Å². The first-order valence-electron chi connectivity index (χ1n) is 7.24. The molecule has 1 unspecified atom stereocenters. The lowest BCUT2D eigenvalue weighted by atomic mass is 10.2. The Kier molecular flexibility index (Phi) is 3.42. The van der Waals surface area contributed by atoms with E-state index in [0.717, 1.165) is 41.6 Å². The van der Waals surface area contributed by atoms with E-state index in [4.69, 9.17) is 5.73 Å². The molecule has 0 saturated carbocycles. The molecule has 1 aromatic carbocycles. The Morgan fingerprint density at radius 2 is 2.37 bits per heavy atom. The van der Waals surface area contributed by atoms with Crippen LogP contribution >= 0.6 is 0 Å². The van der Waals surface area contributed by atoms with Crippen molar-refractivity contribution in [1.82, 2.24) is 14.9 Å². The summed E-state index contributed by atoms with van der Waals surface area (Å²) in [4.78, 5) is 10.6. The van der Waals surface area contributed by atoms with Gasteiger partial charge < -0.3 is 10.7 Å². The predicted octanol–water partition coefficient (Wildman–Crippen LogP) is 2.56. The van der Waals surface area contributed by atoms with Gasteiger partial charge in [-0.25, -0.2) is 4.98 Å². The van der Waals surface area contributed by atoms with E-state index in [0.29, 0.717) is 0 Å². The predicted molar refractivity (Wildman–Crippen MR) is 79.1 cm³/mol. The molecule has 1 aromatic heterocycles. The van der Waals surface area contributed by atoms with E-state index in [1.165, 1.54) is 25.8 Å². The topological polar surface area (TPSA) is 57.9 Å². The van der Waals surface area contributed by atoms with Crippen LogP contribution in [0.4, 0.5) is 5.69 Å². The van der Waals surface area contributed by atoms with Crippen molar-refractivity contribution in [3.05, 3.63) is 24.0 Å². The van der Waals surface area contributed by atoms with Gasteiger partial charge in [0, 0.05) is 24.7 Å². The van der Waals surface area contributed by atoms with Crippen LogP contribution < -0.4 is 5.73 Å². The van der Waals surface area contributed by atoms with Crippen LogP contribution in [-0.4, -0.2) is 34.0 Å². The first kappa shape index (κ1) is 12.5. The van der Waals surface area contributed by atoms with Crippen LogP contribution in [0.1, 0.15) is 32.0 Å². The fourth-order valence-electron chi connectivity index (χ4n) is 3.10. The number of H-pyrrole nitrogens is 1. The number of nitrogens with one attached hydrogen (secondary N) is 1. The molecule has 0 radical (unpaired) electrons. The normalized spacial score (nSPS) is 20.4. The molecule has 0 bridgehead atoms. The molecule has 0 amide bonds. The number of nitrogens with two attached hydrogens (primary N) is 1. The van der Waals surface area contributed by atoms with E-state index < -0.39 is 0 Å². The number of anilines is 1. The Labute approximate surface area is 114 Å². The molecule has 1 saturated heterocycles. The van der Waals surface area contributed by atoms with E-state index in [1.807, 2.05) is 18.2 Å². The second-order valence-electron chi connectivity index (χ2n) is 5.45. The first-order chi connectivity index (χ1) is 9.26. The third kappa shape index (κ3) is 2.59. The molecular weight excluding hydrogens is 236 g/mol. The monoisotopic (exact) mass is 258 g/mol. The molecule has 2 heterocycles. The largest absolute Gasteiger partial charge is 0.399 e. The maximum Gasteiger partial charge on any atom is 0.108 e. The van der Waals surface area contributed by atoms with Gasteiger partial charge in [0.1, 0.15) is 5.82 Å². The first-order valence-corrected chi connectivity index (χ1v) is 7.24. The van der Waals surface area contributed by atoms with Crippen molar-refractivity contribution in [1.29, 1.82) is 0 Å². The zero-order valence-electron chi connectivity index (χ0n) is 11.5. The molecule has 1 fully saturated rings. The van der Waals surface area contributed by atoms with Crippen LogP contribution in [0.3, 0.4) is 0 Å². The number of aromatic nitrogens is 2. The van der Waals surface area contributed by atoms with E-state index in [-0.39, 0.29) is 0 Å². The Hall–Kier alpha value is -1.55. The van der Waals surface area contributed by atoms with E-state index in [9.17, 15) is 0 Å². The lowest BCUT2D eigenvalue weighted by molar-refractivity contribution is 0.250. The second-order valence-corrected chi connectivity index (χ2v) is 5.45. The number of benzene rings is 1. The van der Waals surface area contributed by atoms with Crippen LogP contribution in [0.5, 0.6) is 0 Å². The van der Waals surface area contributed by atoms with Gasteiger partial charge >= 0.3 is 0 Å². The Bertz CT molecular complexity index is 560. The number of nitrogen functional groups attached to an aromatic ring is 1. The number of hydrogen-bond acceptors (Lipinski definition) is 3. The zero-order valence-corrected chi connectivity index (χ0v) is 11.5. The number of aromatic amines is 1. The van der Waals surface area contributed by atoms with Crippen molar-refractivity contribution >= 4 is 16.7 Å². The lowest BCUT2D eigenvalue weighted by Crippen LogP contribution is -2.30. The quantitative estimate of drug-likeness (QED) is 0.829. The average Bonchev–Trinajstić information content (AvgIpc) is 3.01. The summed E-state index contributed by atoms with van der Waals surface area (Å²) in [7, 11) is 0. The highest BCUT2D eigenvalue weighted by atomic mass is 15.2. The molecule has 1 atom stereocenters. The number of hydrogen-bond donors (Lipinski definition) is 2. The molecule has 1 aliphatic heterocycles. The minimum Gasteiger partial charge on any atom is -0.399 e. The van der Waals surface area contributed by atoms with Crippen LogP contribution in [0.25, 0.3) is 11.0 Å². The van der Waals surface area contributed by atoms with E-state index >= 15 is 0 Å². The minimum absolute atomic E-state index is 0.778. The highest BCUT2D eigenvalue weighted by Gasteiger charge is 2.22. The SMILES string of the molecule is CCC1CCCN1CCc1nc2ccc(N)cc2[nH]1. The van der Waals surface area contributed by atoms with Crippen LogP contribution in [0.2, 0.25) is 0 Å². The van der Waals surface area contributed by atoms with Gasteiger partial charge in [-0.2, -0.15) is 0 Å². The van der Waals surface area contributed by atoms with Crippen molar-refractivity contribution in [2.75, 3.05) is 18.8 Å². The average molecular weight is 258 g/mol. The molecule has 19 heavy (non-hydrogen) atoms. The van der Waals surface area contributed by atoms with Gasteiger partial charge in [0.05, 0.1) is 11.0 Å². The smallest absolute Gasteiger partial charge is 0.108 e. The third-order valence-corrected chi connectivity index (χ3v) is 4.16. The Balaban J connectivity index is 1.68. The van der Waals surface area contributed by atoms with Crippen molar-refractivity contribution in [2.24, 2.45) is 0 Å². The molecule has 0 spiro atoms. The van der Waals surface area contributed by atoms with Gasteiger partial charge in [0.25, 0.3) is 0 Å². The highest BCUT2D eigenvalue weighted by molar-refractivity contribution is 5.78. The summed E-state index contributed by atoms with van der Waals surface area (Å²) >= 11 is 0. The number of rotatable bonds is 4. The summed E-state index contributed by atoms with van der Waals surface area (Å²) < 4.78 is 0. The molecule has 2 aromatic rings. The van der Waals surface area contributed by atoms with Crippen molar-refractivity contribution < 1.29 is 0 Å². The summed E-state index contributed by atoms with van der Waals surface area (Å²) in [5.41, 5.74) is 8.63. The summed E-state index contributed by atoms with van der Waals surface area (Å²) in [6.07, 6.45) is 4.95. The zero-order chi connectivity index (χ0) is 13.2. The van der Waals surface area contributed by atoms with Crippen LogP contribution in [0, 0.1) is 0 Å². The van der Waals surface area contributed by atoms with E-state index in [1.54, 1.807) is 0 Å². The molecule has 3 rings (SSSR count). The highest BCUT2D eigenvalue weighted by Crippen LogP contribution is 2.20. The molecule has 1 aliphatic rings. The number of imidazole rings is 1. The van der Waals surface area contributed by atoms with Crippen molar-refractivity contribution in [3.8, 4) is 0 Å². The molecule has 3 N–H and O–H groups in total. The maximum atomic E-state index is 5.79. The Morgan fingerprint density at radius 3 is 3.21 bits per heavy atom. The fourth-order valence-corrected chi connectivity index (χ4v) is 3.10. The maximum absolute atomic E-state index is 5.79. The molecular formula is C15H22N4. The summed E-state index contributed by atoms with van der Waals surface area (Å²) in [5, 5.41) is 0. The van der Waals surface area contributed by atoms with Crippen LogP contribution in [0.15, 0.2) is 18.2 Å². The van der Waals surface area contributed by atoms with Gasteiger partial charge in [-0.1, -0.05) is 6.92 Å². The summed E-state index contributed by atoms with van der Waals surface area (Å²) in [5.74, 6) is 1.07. The van der Waals surface area contributed by atoms with Crippen molar-refractivity contribution in [2.45, 2.75) is 38.6 Å². The van der Waals surface area contributed by atoms with Gasteiger partial charge in [-0.05, 0) is 44.0 Å². The second kappa shape index (κ2) is 5.21. The summed E-state index contributed by atoms with van der Waals surface area (Å²) in [6.45, 7) is 4.63. The summed E-state index contributed by atoms with van der Waals surface area (Å²) in [6, 6.07) is 6.62. The molecule has 4 nitrogen and oxygen atoms in total.